The molecule has 1 nitrogen and oxygen atoms in total. The van der Waals surface area contributed by atoms with Gasteiger partial charge in [0.25, 0.3) is 0 Å². The van der Waals surface area contributed by atoms with Crippen LogP contribution in [0.25, 0.3) is 0 Å². The highest BCUT2D eigenvalue weighted by molar-refractivity contribution is 5.16. The van der Waals surface area contributed by atoms with Crippen LogP contribution in [0.15, 0.2) is 18.5 Å². The van der Waals surface area contributed by atoms with E-state index in [1.165, 1.54) is 101 Å². The summed E-state index contributed by atoms with van der Waals surface area (Å²) in [6.45, 7) is 7.86. The highest BCUT2D eigenvalue weighted by atomic mass is 14.9. The fourth-order valence-corrected chi connectivity index (χ4v) is 3.18. The van der Waals surface area contributed by atoms with Gasteiger partial charge in [-0.3, -0.25) is 0 Å². The van der Waals surface area contributed by atoms with E-state index in [2.05, 4.69) is 43.8 Å². The second-order valence-corrected chi connectivity index (χ2v) is 7.29. The molecule has 0 saturated carbocycles. The van der Waals surface area contributed by atoms with Crippen LogP contribution in [0.1, 0.15) is 102 Å². The Kier molecular flexibility index (Phi) is 11.9. The summed E-state index contributed by atoms with van der Waals surface area (Å²) in [7, 11) is 0. The van der Waals surface area contributed by atoms with Crippen LogP contribution in [0, 0.1) is 13.8 Å². The first-order valence-corrected chi connectivity index (χ1v) is 10.2. The van der Waals surface area contributed by atoms with Gasteiger partial charge in [-0.25, -0.2) is 4.57 Å². The number of unbranched alkanes of at least 4 members (excludes halogenated alkanes) is 12. The molecular formula is C22H40N+. The lowest BCUT2D eigenvalue weighted by atomic mass is 10.0. The molecule has 0 aliphatic heterocycles. The largest absolute Gasteiger partial charge is 0.205 e. The SMILES string of the molecule is CCCCCCCCCCCCCCC[n+]1ccc(C)c(C)c1. The molecule has 0 unspecified atom stereocenters. The molecule has 0 spiro atoms. The Labute approximate surface area is 145 Å². The maximum atomic E-state index is 2.35. The Morgan fingerprint density at radius 2 is 1.13 bits per heavy atom. The highest BCUT2D eigenvalue weighted by Gasteiger charge is 2.02. The van der Waals surface area contributed by atoms with Crippen molar-refractivity contribution in [3.8, 4) is 0 Å². The van der Waals surface area contributed by atoms with Crippen molar-refractivity contribution in [3.63, 3.8) is 0 Å². The van der Waals surface area contributed by atoms with Gasteiger partial charge in [-0.15, -0.1) is 0 Å². The average molecular weight is 319 g/mol. The predicted octanol–water partition coefficient (Wildman–Crippen LogP) is 6.68. The van der Waals surface area contributed by atoms with E-state index in [0.29, 0.717) is 0 Å². The Morgan fingerprint density at radius 3 is 1.61 bits per heavy atom. The van der Waals surface area contributed by atoms with E-state index in [1.807, 2.05) is 0 Å². The van der Waals surface area contributed by atoms with Gasteiger partial charge in [0.05, 0.1) is 0 Å². The Balaban J connectivity index is 1.85. The average Bonchev–Trinajstić information content (AvgIpc) is 2.55. The number of aryl methyl sites for hydroxylation is 3. The van der Waals surface area contributed by atoms with Crippen LogP contribution in [-0.4, -0.2) is 0 Å². The Hall–Kier alpha value is -0.850. The number of hydrogen-bond acceptors (Lipinski definition) is 0. The molecule has 0 N–H and O–H groups in total. The van der Waals surface area contributed by atoms with E-state index in [0.717, 1.165) is 0 Å². The molecule has 0 bridgehead atoms. The summed E-state index contributed by atoms with van der Waals surface area (Å²) < 4.78 is 2.35. The lowest BCUT2D eigenvalue weighted by molar-refractivity contribution is -0.697. The lowest BCUT2D eigenvalue weighted by Gasteiger charge is -2.03. The number of pyridine rings is 1. The van der Waals surface area contributed by atoms with E-state index in [-0.39, 0.29) is 0 Å². The summed E-state index contributed by atoms with van der Waals surface area (Å²) in [5.41, 5.74) is 2.80. The van der Waals surface area contributed by atoms with Gasteiger partial charge >= 0.3 is 0 Å². The van der Waals surface area contributed by atoms with Crippen LogP contribution >= 0.6 is 0 Å². The number of aromatic nitrogens is 1. The van der Waals surface area contributed by atoms with Gasteiger partial charge in [0.2, 0.25) is 0 Å². The minimum absolute atomic E-state index is 1.18. The van der Waals surface area contributed by atoms with Gasteiger partial charge in [-0.1, -0.05) is 77.6 Å². The second kappa shape index (κ2) is 13.6. The topological polar surface area (TPSA) is 3.88 Å². The van der Waals surface area contributed by atoms with E-state index < -0.39 is 0 Å². The molecule has 0 aromatic carbocycles. The fraction of sp³-hybridized carbons (Fsp3) is 0.773. The minimum atomic E-state index is 1.18. The maximum absolute atomic E-state index is 2.35. The number of rotatable bonds is 14. The number of hydrogen-bond donors (Lipinski definition) is 0. The smallest absolute Gasteiger partial charge is 0.171 e. The van der Waals surface area contributed by atoms with Gasteiger partial charge in [0, 0.05) is 18.1 Å². The monoisotopic (exact) mass is 318 g/mol. The van der Waals surface area contributed by atoms with Crippen LogP contribution in [0.2, 0.25) is 0 Å². The van der Waals surface area contributed by atoms with E-state index in [4.69, 9.17) is 0 Å². The fourth-order valence-electron chi connectivity index (χ4n) is 3.18. The van der Waals surface area contributed by atoms with Crippen molar-refractivity contribution in [2.75, 3.05) is 0 Å². The lowest BCUT2D eigenvalue weighted by Crippen LogP contribution is -2.33. The number of nitrogens with zero attached hydrogens (tertiary/aromatic N) is 1. The summed E-state index contributed by atoms with van der Waals surface area (Å²) in [6, 6.07) is 2.23. The zero-order chi connectivity index (χ0) is 16.8. The maximum Gasteiger partial charge on any atom is 0.171 e. The van der Waals surface area contributed by atoms with Crippen molar-refractivity contribution in [2.24, 2.45) is 0 Å². The molecule has 132 valence electrons. The molecule has 23 heavy (non-hydrogen) atoms. The summed E-state index contributed by atoms with van der Waals surface area (Å²) >= 11 is 0. The molecule has 0 fully saturated rings. The first-order chi connectivity index (χ1) is 11.2. The van der Waals surface area contributed by atoms with Crippen LogP contribution in [0.3, 0.4) is 0 Å². The third-order valence-corrected chi connectivity index (χ3v) is 5.02. The Morgan fingerprint density at radius 1 is 0.652 bits per heavy atom. The molecule has 0 aliphatic rings. The highest BCUT2D eigenvalue weighted by Crippen LogP contribution is 2.12. The standard InChI is InChI=1S/C22H40N/c1-4-5-6-7-8-9-10-11-12-13-14-15-16-18-23-19-17-21(2)22(3)20-23/h17,19-20H,4-16,18H2,1-3H3/q+1. The third-order valence-electron chi connectivity index (χ3n) is 5.02. The summed E-state index contributed by atoms with van der Waals surface area (Å²) in [6.07, 6.45) is 23.1. The van der Waals surface area contributed by atoms with Crippen LogP contribution in [-0.2, 0) is 6.54 Å². The molecule has 0 amide bonds. The van der Waals surface area contributed by atoms with Gasteiger partial charge in [0.15, 0.2) is 12.4 Å². The third kappa shape index (κ3) is 10.5. The van der Waals surface area contributed by atoms with E-state index in [9.17, 15) is 0 Å². The van der Waals surface area contributed by atoms with Crippen LogP contribution in [0.5, 0.6) is 0 Å². The zero-order valence-corrected chi connectivity index (χ0v) is 16.1. The van der Waals surface area contributed by atoms with Crippen LogP contribution < -0.4 is 4.57 Å². The zero-order valence-electron chi connectivity index (χ0n) is 16.1. The van der Waals surface area contributed by atoms with Crippen molar-refractivity contribution in [1.29, 1.82) is 0 Å². The summed E-state index contributed by atoms with van der Waals surface area (Å²) in [4.78, 5) is 0. The van der Waals surface area contributed by atoms with Crippen molar-refractivity contribution >= 4 is 0 Å². The first-order valence-electron chi connectivity index (χ1n) is 10.2. The van der Waals surface area contributed by atoms with Crippen molar-refractivity contribution < 1.29 is 4.57 Å². The molecular weight excluding hydrogens is 278 g/mol. The van der Waals surface area contributed by atoms with Crippen molar-refractivity contribution in [1.82, 2.24) is 0 Å². The van der Waals surface area contributed by atoms with Gasteiger partial charge in [-0.2, -0.15) is 0 Å². The molecule has 1 heteroatoms. The Bertz CT molecular complexity index is 397. The quantitative estimate of drug-likeness (QED) is 0.266. The summed E-state index contributed by atoms with van der Waals surface area (Å²) in [5.74, 6) is 0. The van der Waals surface area contributed by atoms with E-state index >= 15 is 0 Å². The second-order valence-electron chi connectivity index (χ2n) is 7.29. The van der Waals surface area contributed by atoms with Crippen molar-refractivity contribution in [2.45, 2.75) is 111 Å². The predicted molar refractivity (Wildman–Crippen MR) is 102 cm³/mol. The summed E-state index contributed by atoms with van der Waals surface area (Å²) in [5, 5.41) is 0. The van der Waals surface area contributed by atoms with Crippen LogP contribution in [0.4, 0.5) is 0 Å². The van der Waals surface area contributed by atoms with Gasteiger partial charge in [-0.05, 0) is 25.8 Å². The first kappa shape index (κ1) is 20.2. The molecule has 0 aliphatic carbocycles. The normalized spacial score (nSPS) is 11.1. The molecule has 1 aromatic heterocycles. The molecule has 0 radical (unpaired) electrons. The van der Waals surface area contributed by atoms with Gasteiger partial charge in [0.1, 0.15) is 6.54 Å². The molecule has 1 rings (SSSR count). The van der Waals surface area contributed by atoms with Crippen molar-refractivity contribution in [3.05, 3.63) is 29.6 Å². The van der Waals surface area contributed by atoms with E-state index in [1.54, 1.807) is 0 Å². The van der Waals surface area contributed by atoms with Gasteiger partial charge < -0.3 is 0 Å². The molecule has 0 atom stereocenters. The minimum Gasteiger partial charge on any atom is -0.205 e. The molecule has 0 saturated heterocycles. The molecule has 1 aromatic rings. The molecule has 1 heterocycles.